The molecule has 146 valence electrons. The molecular weight excluding hydrogens is 302 g/mol. The summed E-state index contributed by atoms with van der Waals surface area (Å²) in [6.45, 7) is 6.28. The van der Waals surface area contributed by atoms with Crippen LogP contribution >= 0.6 is 0 Å². The summed E-state index contributed by atoms with van der Waals surface area (Å²) in [7, 11) is 0. The zero-order valence-corrected chi connectivity index (χ0v) is 16.4. The Kier molecular flexibility index (Phi) is 20.7. The number of quaternary nitrogens is 1. The van der Waals surface area contributed by atoms with E-state index in [-0.39, 0.29) is 6.29 Å². The Morgan fingerprint density at radius 2 is 1.00 bits per heavy atom. The van der Waals surface area contributed by atoms with E-state index >= 15 is 0 Å². The van der Waals surface area contributed by atoms with Gasteiger partial charge in [-0.15, -0.1) is 0 Å². The van der Waals surface area contributed by atoms with Crippen LogP contribution in [0, 0.1) is 5.21 Å². The van der Waals surface area contributed by atoms with Crippen LogP contribution in [-0.4, -0.2) is 26.0 Å². The Balaban J connectivity index is 3.14. The Bertz CT molecular complexity index is 221. The third-order valence-corrected chi connectivity index (χ3v) is 4.47. The first-order valence-corrected chi connectivity index (χ1v) is 10.5. The fourth-order valence-electron chi connectivity index (χ4n) is 3.07. The van der Waals surface area contributed by atoms with Crippen LogP contribution in [0.4, 0.5) is 0 Å². The molecule has 0 rings (SSSR count). The van der Waals surface area contributed by atoms with Crippen molar-refractivity contribution in [3.63, 3.8) is 0 Å². The van der Waals surface area contributed by atoms with Crippen molar-refractivity contribution in [3.8, 4) is 0 Å². The highest BCUT2D eigenvalue weighted by Crippen LogP contribution is 2.14. The predicted molar refractivity (Wildman–Crippen MR) is 102 cm³/mol. The molecular formula is C20H43NO3. The number of hydrogen-bond acceptors (Lipinski definition) is 3. The van der Waals surface area contributed by atoms with E-state index in [2.05, 4.69) is 0 Å². The fraction of sp³-hybridized carbons (Fsp3) is 1.00. The first-order chi connectivity index (χ1) is 11.8. The van der Waals surface area contributed by atoms with E-state index < -0.39 is 0 Å². The maximum absolute atomic E-state index is 10.2. The molecule has 24 heavy (non-hydrogen) atoms. The van der Waals surface area contributed by atoms with E-state index in [1.54, 1.807) is 0 Å². The number of ether oxygens (including phenoxy) is 2. The minimum Gasteiger partial charge on any atom is -0.636 e. The number of hydroxylamine groups is 1. The topological polar surface area (TPSA) is 58.1 Å². The molecule has 0 radical (unpaired) electrons. The molecule has 0 unspecified atom stereocenters. The quantitative estimate of drug-likeness (QED) is 0.194. The number of rotatable bonds is 20. The lowest BCUT2D eigenvalue weighted by molar-refractivity contribution is -0.589. The zero-order valence-electron chi connectivity index (χ0n) is 16.4. The first kappa shape index (κ1) is 23.8. The highest BCUT2D eigenvalue weighted by atomic mass is 16.7. The van der Waals surface area contributed by atoms with Gasteiger partial charge in [-0.25, -0.2) is 0 Å². The standard InChI is InChI=1S/C20H43NO3/c1-3-23-20(24-4-2)18-16-14-12-10-8-6-5-7-9-11-13-15-17-19-21-22/h20H,3-19,21H2,1-2H3. The molecule has 0 saturated heterocycles. The minimum atomic E-state index is 0.0124. The molecule has 4 nitrogen and oxygen atoms in total. The highest BCUT2D eigenvalue weighted by Gasteiger charge is 2.06. The molecule has 0 spiro atoms. The average Bonchev–Trinajstić information content (AvgIpc) is 2.58. The van der Waals surface area contributed by atoms with Gasteiger partial charge in [0.05, 0.1) is 6.54 Å². The van der Waals surface area contributed by atoms with Gasteiger partial charge in [0.15, 0.2) is 6.29 Å². The van der Waals surface area contributed by atoms with Crippen molar-refractivity contribution < 1.29 is 15.0 Å². The van der Waals surface area contributed by atoms with Crippen LogP contribution in [-0.2, 0) is 9.47 Å². The van der Waals surface area contributed by atoms with E-state index in [1.165, 1.54) is 77.0 Å². The van der Waals surface area contributed by atoms with E-state index in [1.807, 2.05) is 13.8 Å². The monoisotopic (exact) mass is 345 g/mol. The largest absolute Gasteiger partial charge is 0.636 e. The smallest absolute Gasteiger partial charge is 0.157 e. The predicted octanol–water partition coefficient (Wildman–Crippen LogP) is 4.91. The lowest BCUT2D eigenvalue weighted by atomic mass is 10.0. The molecule has 0 fully saturated rings. The number of unbranched alkanes of at least 4 members (excludes halogenated alkanes) is 12. The summed E-state index contributed by atoms with van der Waals surface area (Å²) in [5, 5.41) is 10.2. The summed E-state index contributed by atoms with van der Waals surface area (Å²) in [5.74, 6) is 0. The number of hydrogen-bond donors (Lipinski definition) is 1. The number of nitrogens with two attached hydrogens (primary N) is 1. The molecule has 0 aliphatic carbocycles. The summed E-state index contributed by atoms with van der Waals surface area (Å²) < 4.78 is 11.1. The molecule has 0 heterocycles. The van der Waals surface area contributed by atoms with Crippen LogP contribution in [0.25, 0.3) is 0 Å². The second kappa shape index (κ2) is 20.9. The van der Waals surface area contributed by atoms with Gasteiger partial charge in [0.25, 0.3) is 0 Å². The van der Waals surface area contributed by atoms with Crippen molar-refractivity contribution in [1.82, 2.24) is 0 Å². The van der Waals surface area contributed by atoms with E-state index in [0.717, 1.165) is 38.1 Å². The molecule has 0 aromatic heterocycles. The Morgan fingerprint density at radius 3 is 1.38 bits per heavy atom. The Morgan fingerprint density at radius 1 is 0.625 bits per heavy atom. The maximum Gasteiger partial charge on any atom is 0.157 e. The van der Waals surface area contributed by atoms with Gasteiger partial charge in [-0.2, -0.15) is 0 Å². The third kappa shape index (κ3) is 18.2. The summed E-state index contributed by atoms with van der Waals surface area (Å²) in [4.78, 5) is 0. The van der Waals surface area contributed by atoms with Crippen LogP contribution in [0.3, 0.4) is 0 Å². The maximum atomic E-state index is 10.2. The second-order valence-corrected chi connectivity index (χ2v) is 6.68. The van der Waals surface area contributed by atoms with E-state index in [9.17, 15) is 5.21 Å². The zero-order chi connectivity index (χ0) is 17.7. The molecule has 0 aromatic rings. The minimum absolute atomic E-state index is 0.0124. The normalized spacial score (nSPS) is 11.5. The van der Waals surface area contributed by atoms with E-state index in [4.69, 9.17) is 9.47 Å². The van der Waals surface area contributed by atoms with Crippen molar-refractivity contribution in [3.05, 3.63) is 5.21 Å². The first-order valence-electron chi connectivity index (χ1n) is 10.5. The molecule has 4 heteroatoms. The molecule has 0 aliphatic heterocycles. The molecule has 0 saturated carbocycles. The van der Waals surface area contributed by atoms with Gasteiger partial charge in [0.2, 0.25) is 0 Å². The van der Waals surface area contributed by atoms with Crippen LogP contribution in [0.1, 0.15) is 104 Å². The summed E-state index contributed by atoms with van der Waals surface area (Å²) in [5.41, 5.74) is 1.04. The molecule has 0 aromatic carbocycles. The molecule has 0 amide bonds. The lowest BCUT2D eigenvalue weighted by Crippen LogP contribution is -2.77. The van der Waals surface area contributed by atoms with Gasteiger partial charge >= 0.3 is 0 Å². The lowest BCUT2D eigenvalue weighted by Gasteiger charge is -2.16. The van der Waals surface area contributed by atoms with Gasteiger partial charge < -0.3 is 20.2 Å². The fourth-order valence-corrected chi connectivity index (χ4v) is 3.07. The van der Waals surface area contributed by atoms with Gasteiger partial charge in [-0.3, -0.25) is 0 Å². The van der Waals surface area contributed by atoms with Crippen molar-refractivity contribution in [2.24, 2.45) is 0 Å². The van der Waals surface area contributed by atoms with Crippen LogP contribution in [0.2, 0.25) is 0 Å². The van der Waals surface area contributed by atoms with Crippen molar-refractivity contribution in [2.75, 3.05) is 19.8 Å². The van der Waals surface area contributed by atoms with Crippen LogP contribution < -0.4 is 5.48 Å². The Labute approximate surface area is 150 Å². The van der Waals surface area contributed by atoms with Gasteiger partial charge in [-0.05, 0) is 39.5 Å². The second-order valence-electron chi connectivity index (χ2n) is 6.68. The summed E-state index contributed by atoms with van der Waals surface area (Å²) in [6, 6.07) is 0. The van der Waals surface area contributed by atoms with Crippen molar-refractivity contribution >= 4 is 0 Å². The SMILES string of the molecule is CCOC(CCCCCCCCCCCCCCC[NH2+][O-])OCC. The summed E-state index contributed by atoms with van der Waals surface area (Å²) in [6.07, 6.45) is 18.2. The third-order valence-electron chi connectivity index (χ3n) is 4.47. The Hall–Kier alpha value is -0.160. The van der Waals surface area contributed by atoms with Crippen LogP contribution in [0.5, 0.6) is 0 Å². The average molecular weight is 346 g/mol. The van der Waals surface area contributed by atoms with Crippen molar-refractivity contribution in [2.45, 2.75) is 110 Å². The summed E-state index contributed by atoms with van der Waals surface area (Å²) >= 11 is 0. The van der Waals surface area contributed by atoms with Gasteiger partial charge in [0.1, 0.15) is 0 Å². The van der Waals surface area contributed by atoms with E-state index in [0.29, 0.717) is 0 Å². The molecule has 2 N–H and O–H groups in total. The highest BCUT2D eigenvalue weighted by molar-refractivity contribution is 4.51. The van der Waals surface area contributed by atoms with Gasteiger partial charge in [0, 0.05) is 13.2 Å². The van der Waals surface area contributed by atoms with Crippen molar-refractivity contribution in [1.29, 1.82) is 0 Å². The molecule has 0 aliphatic rings. The molecule has 0 bridgehead atoms. The van der Waals surface area contributed by atoms with Crippen LogP contribution in [0.15, 0.2) is 0 Å². The van der Waals surface area contributed by atoms with Gasteiger partial charge in [-0.1, -0.05) is 64.2 Å². The molecule has 0 atom stereocenters.